The van der Waals surface area contributed by atoms with Crippen LogP contribution in [0.5, 0.6) is 0 Å². The van der Waals surface area contributed by atoms with E-state index >= 15 is 0 Å². The molecule has 0 bridgehead atoms. The van der Waals surface area contributed by atoms with E-state index in [1.54, 1.807) is 36.4 Å². The molecule has 17 heteroatoms. The Kier molecular flexibility index (Phi) is 28.7. The number of aromatic nitrogens is 2. The maximum Gasteiger partial charge on any atom is 0.199 e. The summed E-state index contributed by atoms with van der Waals surface area (Å²) < 4.78 is 4.17. The van der Waals surface area contributed by atoms with E-state index in [1.165, 1.54) is 48.7 Å². The Labute approximate surface area is 805 Å². The van der Waals surface area contributed by atoms with Crippen LogP contribution in [0.25, 0.3) is 90.6 Å². The van der Waals surface area contributed by atoms with E-state index in [9.17, 15) is 48.9 Å². The molecule has 6 aliphatic rings. The smallest absolute Gasteiger partial charge is 0.199 e. The van der Waals surface area contributed by atoms with Gasteiger partial charge in [0.15, 0.2) is 73.1 Å². The number of rotatable bonds is 10. The molecule has 2 N–H and O–H groups in total. The zero-order valence-electron chi connectivity index (χ0n) is 75.2. The number of aldehydes is 4. The highest BCUT2D eigenvalue weighted by molar-refractivity contribution is 6.41. The van der Waals surface area contributed by atoms with Crippen LogP contribution in [-0.2, 0) is 14.1 Å². The molecule has 0 unspecified atom stereocenters. The van der Waals surface area contributed by atoms with Crippen LogP contribution in [0.2, 0.25) is 0 Å². The van der Waals surface area contributed by atoms with Crippen molar-refractivity contribution >= 4 is 117 Å². The summed E-state index contributed by atoms with van der Waals surface area (Å²) in [5, 5.41) is 66.2. The fourth-order valence-corrected chi connectivity index (χ4v) is 17.6. The minimum atomic E-state index is -0.708. The fourth-order valence-electron chi connectivity index (χ4n) is 17.6. The molecule has 0 amide bonds. The van der Waals surface area contributed by atoms with Crippen molar-refractivity contribution in [1.29, 1.82) is 26.3 Å². The van der Waals surface area contributed by atoms with Crippen LogP contribution >= 0.6 is 0 Å². The molecule has 20 rings (SSSR count). The molecule has 0 atom stereocenters. The number of nitrogens with one attached hydrogen (secondary N) is 2. The number of carbonyl (C=O) groups is 8. The molecule has 140 heavy (non-hydrogen) atoms. The summed E-state index contributed by atoms with van der Waals surface area (Å²) in [4.78, 5) is 94.0. The van der Waals surface area contributed by atoms with Crippen LogP contribution in [0.1, 0.15) is 105 Å². The van der Waals surface area contributed by atoms with Crippen molar-refractivity contribution in [3.05, 3.63) is 468 Å². The van der Waals surface area contributed by atoms with E-state index in [2.05, 4.69) is 198 Å². The lowest BCUT2D eigenvalue weighted by Gasteiger charge is -2.14. The molecule has 658 valence electrons. The van der Waals surface area contributed by atoms with Gasteiger partial charge in [0.25, 0.3) is 0 Å². The molecular formula is C123H75N9O8+2. The highest BCUT2D eigenvalue weighted by Crippen LogP contribution is 2.38. The predicted octanol–water partition coefficient (Wildman–Crippen LogP) is 12.8. The van der Waals surface area contributed by atoms with Gasteiger partial charge < -0.3 is 10.6 Å². The minimum absolute atomic E-state index is 0.000338. The first-order chi connectivity index (χ1) is 68.4. The maximum atomic E-state index is 12.2. The van der Waals surface area contributed by atoms with Gasteiger partial charge in [0.05, 0.1) is 11.1 Å². The number of carbonyl (C=O) groups excluding carboxylic acids is 8. The topological polar surface area (TPSA) is 287 Å². The molecule has 0 radical (unpaired) electrons. The van der Waals surface area contributed by atoms with Crippen LogP contribution < -0.4 is 61.5 Å². The number of terminal acetylenes is 5. The average molecular weight is 1810 g/mol. The maximum absolute atomic E-state index is 12.2. The molecule has 14 aromatic rings. The van der Waals surface area contributed by atoms with E-state index in [1.807, 2.05) is 176 Å². The van der Waals surface area contributed by atoms with E-state index < -0.39 is 28.7 Å². The standard InChI is InChI=1S/C30H27N4.C27H15NO2.C25H15N.C15H5NO4.C13H5NO2.C13H7N/c1-33-17-11-21(12-18-33)27(22-13-19-34(2)20-14-22)28-23-7-3-5-9-25(23)29(30-31-15-16-32-30)26-10-6-4-8-24(26)28;1-2-18(15-28)21-13-22-23(14-21)27(20-11-7-4-8-12-20)25(17-30)24(16-29)26(22)19-9-5-3-6-10-19;1-2-18(17-26)25-23(19-11-5-3-6-12-19)21-15-9-10-16-22(21)24(25)20-13-7-4-8-14-20;1-2-8(5-16)13-14(19)11-3-9(6-17)10(7-18)4-12(11)15(13)20;1-2-8(7-14)11-12(15)9-5-3-4-6-10(9)13(11)16;1-2-10(9-14)13-7-11-5-3-4-6-12(11)8-13/h3-14,17-20H,15-16H2,1-2H3,(H,31,32);1,3-14,16-17H;1,3-16H;1,3-4,6-7H;1,3-6H;1,3-8H/q+1;;;;;/p+1. The van der Waals surface area contributed by atoms with Crippen LogP contribution in [0.15, 0.2) is 360 Å². The first kappa shape index (κ1) is 94.0. The fraction of sp³-hybridized carbons (Fsp3) is 0.0325. The Hall–Kier alpha value is -20.7. The highest BCUT2D eigenvalue weighted by Gasteiger charge is 2.38. The third-order valence-corrected chi connectivity index (χ3v) is 23.9. The normalized spacial score (nSPS) is 12.3. The zero-order valence-corrected chi connectivity index (χ0v) is 75.2. The number of fused-ring (bicyclic) bond motifs is 7. The van der Waals surface area contributed by atoms with Crippen LogP contribution in [0.4, 0.5) is 0 Å². The molecule has 5 aliphatic carbocycles. The lowest BCUT2D eigenvalue weighted by Crippen LogP contribution is -2.30. The van der Waals surface area contributed by atoms with Crippen molar-refractivity contribution in [2.75, 3.05) is 13.1 Å². The summed E-state index contributed by atoms with van der Waals surface area (Å²) >= 11 is 0. The molecule has 1 aliphatic heterocycles. The largest absolute Gasteiger partial charge is 0.370 e. The van der Waals surface area contributed by atoms with Crippen molar-refractivity contribution in [3.63, 3.8) is 0 Å². The molecule has 3 heterocycles. The highest BCUT2D eigenvalue weighted by atomic mass is 16.2. The number of benzene rings is 12. The monoisotopic (exact) mass is 1810 g/mol. The average Bonchev–Trinajstić information content (AvgIpc) is 0.888. The van der Waals surface area contributed by atoms with Gasteiger partial charge in [0, 0.05) is 115 Å². The Morgan fingerprint density at radius 3 is 0.986 bits per heavy atom. The first-order valence-electron chi connectivity index (χ1n) is 43.6. The van der Waals surface area contributed by atoms with Crippen molar-refractivity contribution in [2.24, 2.45) is 14.1 Å². The summed E-state index contributed by atoms with van der Waals surface area (Å²) in [6.45, 7) is 1.89. The second-order valence-electron chi connectivity index (χ2n) is 31.9. The molecule has 0 spiro atoms. The zero-order chi connectivity index (χ0) is 98.6. The van der Waals surface area contributed by atoms with Gasteiger partial charge in [-0.25, -0.2) is 9.13 Å². The molecular weight excluding hydrogens is 1730 g/mol. The Morgan fingerprint density at radius 2 is 0.643 bits per heavy atom. The summed E-state index contributed by atoms with van der Waals surface area (Å²) in [5.74, 6) is 10.2. The van der Waals surface area contributed by atoms with E-state index in [4.69, 9.17) is 47.9 Å². The lowest BCUT2D eigenvalue weighted by atomic mass is 9.87. The van der Waals surface area contributed by atoms with Gasteiger partial charge in [-0.05, 0) is 145 Å². The molecule has 0 saturated carbocycles. The third-order valence-electron chi connectivity index (χ3n) is 23.9. The summed E-state index contributed by atoms with van der Waals surface area (Å²) in [5.41, 5.74) is 14.0. The van der Waals surface area contributed by atoms with Crippen molar-refractivity contribution in [3.8, 4) is 114 Å². The van der Waals surface area contributed by atoms with E-state index in [0.717, 1.165) is 119 Å². The summed E-state index contributed by atoms with van der Waals surface area (Å²) in [7, 11) is 4.12. The van der Waals surface area contributed by atoms with Crippen LogP contribution in [-0.4, -0.2) is 61.4 Å². The molecule has 2 aromatic heterocycles. The molecule has 12 aromatic carbocycles. The number of aryl methyl sites for hydroxylation is 2. The Balaban J connectivity index is 0.000000130. The molecule has 1 saturated heterocycles. The van der Waals surface area contributed by atoms with E-state index in [-0.39, 0.29) is 44.5 Å². The van der Waals surface area contributed by atoms with Gasteiger partial charge in [0.2, 0.25) is 0 Å². The predicted molar refractivity (Wildman–Crippen MR) is 540 cm³/mol. The summed E-state index contributed by atoms with van der Waals surface area (Å²) in [6.07, 6.45) is 44.9. The summed E-state index contributed by atoms with van der Waals surface area (Å²) in [6, 6.07) is 100. The number of nitrogens with zero attached hydrogens (tertiary/aromatic N) is 7. The number of allylic oxidation sites excluding steroid dienone is 10. The lowest BCUT2D eigenvalue weighted by molar-refractivity contribution is -0.671. The number of nitriles is 5. The van der Waals surface area contributed by atoms with Crippen molar-refractivity contribution in [1.82, 2.24) is 10.6 Å². The van der Waals surface area contributed by atoms with Gasteiger partial charge in [-0.3, -0.25) is 38.4 Å². The SMILES string of the molecule is C#CC(C#N)=C1C(=O)c2cc(C=O)c(C=O)cc2C1=O.C#CC(C#N)=C1C(=O)c2ccccc2C1=O.C#CC(C#N)=C1C(c2ccccc2)=c2ccccc2=C1c1ccccc1.C#CC(C#N)=C1C=c2c(-c3ccccc3)c(C=O)c(C=O)c(-c3ccccc3)c2=C1.C#CC(C#N)=C1C=c2ccccc2=C1.C[n+]1ccc(C(c2cc[n+](C)cc2)=c2c3ccccc3c(=C3NCCN3)c3ccccc23)cc1. The van der Waals surface area contributed by atoms with Gasteiger partial charge in [-0.2, -0.15) is 26.3 Å². The van der Waals surface area contributed by atoms with Crippen molar-refractivity contribution in [2.45, 2.75) is 0 Å². The van der Waals surface area contributed by atoms with Gasteiger partial charge >= 0.3 is 0 Å². The Morgan fingerprint density at radius 1 is 0.336 bits per heavy atom. The van der Waals surface area contributed by atoms with Gasteiger partial charge in [-0.1, -0.05) is 272 Å². The van der Waals surface area contributed by atoms with Crippen LogP contribution in [0.3, 0.4) is 0 Å². The molecule has 17 nitrogen and oxygen atoms in total. The number of Topliss-reactive ketones (excluding diaryl/α,β-unsaturated/α-hetero) is 4. The quantitative estimate of drug-likeness (QED) is 0.0245. The first-order valence-corrected chi connectivity index (χ1v) is 43.6. The van der Waals surface area contributed by atoms with Gasteiger partial charge in [-0.15, -0.1) is 32.1 Å². The number of ketones is 4. The van der Waals surface area contributed by atoms with Crippen molar-refractivity contribution < 1.29 is 47.5 Å². The number of hydrogen-bond acceptors (Lipinski definition) is 15. The van der Waals surface area contributed by atoms with Gasteiger partial charge in [0.1, 0.15) is 78.1 Å². The number of hydrogen-bond donors (Lipinski definition) is 2. The number of pyridine rings is 2. The second kappa shape index (κ2) is 42.7. The minimum Gasteiger partial charge on any atom is -0.370 e. The second-order valence-corrected chi connectivity index (χ2v) is 31.9. The third kappa shape index (κ3) is 18.5. The van der Waals surface area contributed by atoms with Crippen LogP contribution in [0, 0.1) is 118 Å². The van der Waals surface area contributed by atoms with E-state index in [0.29, 0.717) is 62.7 Å². The molecule has 1 fully saturated rings. The Bertz CT molecular complexity index is 8450.